The van der Waals surface area contributed by atoms with E-state index in [1.54, 1.807) is 0 Å². The molecule has 0 unspecified atom stereocenters. The SMILES string of the molecule is C[C@H](CC#N)N1CCN(C(=O)c2cc3ccccc3[nH]2)CC1. The van der Waals surface area contributed by atoms with Crippen molar-refractivity contribution in [3.63, 3.8) is 0 Å². The average Bonchev–Trinajstić information content (AvgIpc) is 2.98. The summed E-state index contributed by atoms with van der Waals surface area (Å²) in [7, 11) is 0. The maximum atomic E-state index is 12.6. The number of hydrogen-bond acceptors (Lipinski definition) is 3. The van der Waals surface area contributed by atoms with E-state index in [2.05, 4.69) is 22.9 Å². The van der Waals surface area contributed by atoms with Crippen LogP contribution in [0.5, 0.6) is 0 Å². The van der Waals surface area contributed by atoms with Gasteiger partial charge in [-0.25, -0.2) is 0 Å². The Hall–Kier alpha value is -2.32. The fourth-order valence-electron chi connectivity index (χ4n) is 2.99. The van der Waals surface area contributed by atoms with Crippen molar-refractivity contribution in [2.75, 3.05) is 26.2 Å². The maximum absolute atomic E-state index is 12.6. The molecular formula is C17H20N4O. The lowest BCUT2D eigenvalue weighted by molar-refractivity contribution is 0.0581. The molecule has 114 valence electrons. The van der Waals surface area contributed by atoms with E-state index in [0.29, 0.717) is 25.2 Å². The fraction of sp³-hybridized carbons (Fsp3) is 0.412. The van der Waals surface area contributed by atoms with E-state index < -0.39 is 0 Å². The summed E-state index contributed by atoms with van der Waals surface area (Å²) in [6.07, 6.45) is 0.538. The molecule has 0 saturated carbocycles. The molecule has 0 aliphatic carbocycles. The van der Waals surface area contributed by atoms with Gasteiger partial charge < -0.3 is 9.88 Å². The van der Waals surface area contributed by atoms with E-state index >= 15 is 0 Å². The molecule has 3 rings (SSSR count). The second-order valence-electron chi connectivity index (χ2n) is 5.81. The van der Waals surface area contributed by atoms with Crippen LogP contribution in [0.2, 0.25) is 0 Å². The average molecular weight is 296 g/mol. The number of carbonyl (C=O) groups is 1. The third-order valence-electron chi connectivity index (χ3n) is 4.37. The van der Waals surface area contributed by atoms with Crippen molar-refractivity contribution < 1.29 is 4.79 Å². The molecule has 2 heterocycles. The molecule has 0 spiro atoms. The van der Waals surface area contributed by atoms with Gasteiger partial charge in [-0.15, -0.1) is 0 Å². The van der Waals surface area contributed by atoms with E-state index in [1.807, 2.05) is 35.2 Å². The molecule has 1 atom stereocenters. The molecule has 1 saturated heterocycles. The topological polar surface area (TPSA) is 63.1 Å². The first-order chi connectivity index (χ1) is 10.7. The van der Waals surface area contributed by atoms with Crippen LogP contribution in [0.1, 0.15) is 23.8 Å². The zero-order valence-corrected chi connectivity index (χ0v) is 12.7. The zero-order valence-electron chi connectivity index (χ0n) is 12.7. The van der Waals surface area contributed by atoms with Gasteiger partial charge in [0.05, 0.1) is 12.5 Å². The lowest BCUT2D eigenvalue weighted by Crippen LogP contribution is -2.51. The summed E-state index contributed by atoms with van der Waals surface area (Å²) in [6, 6.07) is 12.3. The highest BCUT2D eigenvalue weighted by molar-refractivity contribution is 5.98. The van der Waals surface area contributed by atoms with Crippen LogP contribution in [0.3, 0.4) is 0 Å². The number of aromatic amines is 1. The molecule has 1 fully saturated rings. The van der Waals surface area contributed by atoms with Crippen molar-refractivity contribution in [3.05, 3.63) is 36.0 Å². The molecule has 5 heteroatoms. The molecule has 5 nitrogen and oxygen atoms in total. The summed E-state index contributed by atoms with van der Waals surface area (Å²) in [6.45, 7) is 5.15. The van der Waals surface area contributed by atoms with Crippen molar-refractivity contribution in [2.45, 2.75) is 19.4 Å². The van der Waals surface area contributed by atoms with Gasteiger partial charge in [0, 0.05) is 43.1 Å². The Kier molecular flexibility index (Phi) is 4.12. The van der Waals surface area contributed by atoms with Crippen LogP contribution in [-0.4, -0.2) is 52.9 Å². The largest absolute Gasteiger partial charge is 0.351 e. The van der Waals surface area contributed by atoms with Crippen molar-refractivity contribution in [1.29, 1.82) is 5.26 Å². The molecule has 0 bridgehead atoms. The summed E-state index contributed by atoms with van der Waals surface area (Å²) in [4.78, 5) is 20.0. The first-order valence-corrected chi connectivity index (χ1v) is 7.67. The van der Waals surface area contributed by atoms with E-state index in [9.17, 15) is 4.79 Å². The van der Waals surface area contributed by atoms with Crippen molar-refractivity contribution in [2.24, 2.45) is 0 Å². The van der Waals surface area contributed by atoms with Gasteiger partial charge in [-0.05, 0) is 19.1 Å². The molecule has 1 amide bonds. The first-order valence-electron chi connectivity index (χ1n) is 7.67. The lowest BCUT2D eigenvalue weighted by Gasteiger charge is -2.37. The van der Waals surface area contributed by atoms with Crippen LogP contribution in [0.25, 0.3) is 10.9 Å². The lowest BCUT2D eigenvalue weighted by atomic mass is 10.2. The number of piperazine rings is 1. The van der Waals surface area contributed by atoms with Crippen LogP contribution < -0.4 is 0 Å². The summed E-state index contributed by atoms with van der Waals surface area (Å²) < 4.78 is 0. The maximum Gasteiger partial charge on any atom is 0.270 e. The molecule has 2 aromatic rings. The van der Waals surface area contributed by atoms with Gasteiger partial charge in [-0.2, -0.15) is 5.26 Å². The highest BCUT2D eigenvalue weighted by atomic mass is 16.2. The number of nitrogens with one attached hydrogen (secondary N) is 1. The van der Waals surface area contributed by atoms with Gasteiger partial charge in [0.1, 0.15) is 5.69 Å². The van der Waals surface area contributed by atoms with Gasteiger partial charge in [0.15, 0.2) is 0 Å². The van der Waals surface area contributed by atoms with Crippen molar-refractivity contribution in [1.82, 2.24) is 14.8 Å². The van der Waals surface area contributed by atoms with Crippen molar-refractivity contribution in [3.8, 4) is 6.07 Å². The monoisotopic (exact) mass is 296 g/mol. The number of nitriles is 1. The van der Waals surface area contributed by atoms with Crippen LogP contribution in [-0.2, 0) is 0 Å². The number of amides is 1. The minimum absolute atomic E-state index is 0.0591. The number of H-pyrrole nitrogens is 1. The van der Waals surface area contributed by atoms with Gasteiger partial charge in [0.2, 0.25) is 0 Å². The summed E-state index contributed by atoms with van der Waals surface area (Å²) in [5.41, 5.74) is 1.65. The molecule has 1 N–H and O–H groups in total. The quantitative estimate of drug-likeness (QED) is 0.944. The Bertz CT molecular complexity index is 674. The van der Waals surface area contributed by atoms with Crippen LogP contribution in [0, 0.1) is 11.3 Å². The van der Waals surface area contributed by atoms with E-state index in [1.165, 1.54) is 0 Å². The van der Waals surface area contributed by atoms with Gasteiger partial charge in [-0.3, -0.25) is 9.69 Å². The van der Waals surface area contributed by atoms with Gasteiger partial charge >= 0.3 is 0 Å². The summed E-state index contributed by atoms with van der Waals surface area (Å²) in [5, 5.41) is 9.84. The Labute approximate surface area is 130 Å². The Morgan fingerprint density at radius 2 is 2.05 bits per heavy atom. The second-order valence-corrected chi connectivity index (χ2v) is 5.81. The highest BCUT2D eigenvalue weighted by Gasteiger charge is 2.25. The standard InChI is InChI=1S/C17H20N4O/c1-13(6-7-18)20-8-10-21(11-9-20)17(22)16-12-14-4-2-3-5-15(14)19-16/h2-5,12-13,19H,6,8-11H2,1H3/t13-/m1/s1. The van der Waals surface area contributed by atoms with Gasteiger partial charge in [-0.1, -0.05) is 18.2 Å². The molecule has 0 radical (unpaired) electrons. The van der Waals surface area contributed by atoms with E-state index in [4.69, 9.17) is 5.26 Å². The molecule has 1 aromatic carbocycles. The third kappa shape index (κ3) is 2.83. The minimum Gasteiger partial charge on any atom is -0.351 e. The van der Waals surface area contributed by atoms with Crippen LogP contribution >= 0.6 is 0 Å². The molecule has 1 aromatic heterocycles. The van der Waals surface area contributed by atoms with Crippen LogP contribution in [0.4, 0.5) is 0 Å². The molecule has 1 aliphatic rings. The number of nitrogens with zero attached hydrogens (tertiary/aromatic N) is 3. The molecular weight excluding hydrogens is 276 g/mol. The fourth-order valence-corrected chi connectivity index (χ4v) is 2.99. The summed E-state index contributed by atoms with van der Waals surface area (Å²) in [5.74, 6) is 0.0591. The normalized spacial score (nSPS) is 17.4. The predicted molar refractivity (Wildman–Crippen MR) is 85.5 cm³/mol. The first kappa shape index (κ1) is 14.6. The number of aromatic nitrogens is 1. The smallest absolute Gasteiger partial charge is 0.270 e. The predicted octanol–water partition coefficient (Wildman–Crippen LogP) is 2.23. The third-order valence-corrected chi connectivity index (χ3v) is 4.37. The number of fused-ring (bicyclic) bond motifs is 1. The number of hydrogen-bond donors (Lipinski definition) is 1. The van der Waals surface area contributed by atoms with Crippen LogP contribution in [0.15, 0.2) is 30.3 Å². The number of para-hydroxylation sites is 1. The zero-order chi connectivity index (χ0) is 15.5. The summed E-state index contributed by atoms with van der Waals surface area (Å²) >= 11 is 0. The minimum atomic E-state index is 0.0591. The highest BCUT2D eigenvalue weighted by Crippen LogP contribution is 2.17. The number of rotatable bonds is 3. The molecule has 22 heavy (non-hydrogen) atoms. The molecule has 1 aliphatic heterocycles. The Balaban J connectivity index is 1.66. The van der Waals surface area contributed by atoms with E-state index in [0.717, 1.165) is 24.0 Å². The van der Waals surface area contributed by atoms with Gasteiger partial charge in [0.25, 0.3) is 5.91 Å². The number of carbonyl (C=O) groups excluding carboxylic acids is 1. The Morgan fingerprint density at radius 3 is 2.73 bits per heavy atom. The van der Waals surface area contributed by atoms with E-state index in [-0.39, 0.29) is 11.9 Å². The second kappa shape index (κ2) is 6.20. The number of benzene rings is 1. The Morgan fingerprint density at radius 1 is 1.32 bits per heavy atom. The van der Waals surface area contributed by atoms with Crippen molar-refractivity contribution >= 4 is 16.8 Å².